The standard InChI is InChI=1S/C20H30N4O3.ClH/c1-13(2)14-7-9-15(10-8-14)16(21)12-22-17(25)6-5-11-24-18(26)20(3,4)23-19(24)27;/h7-10,13,16H,5-6,11-12,21H2,1-4H3,(H,22,25)(H,23,27);1H. The van der Waals surface area contributed by atoms with Gasteiger partial charge in [0.15, 0.2) is 0 Å². The number of hydrogen-bond acceptors (Lipinski definition) is 4. The number of nitrogens with two attached hydrogens (primary N) is 1. The molecule has 1 aromatic rings. The Kier molecular flexibility index (Phi) is 8.45. The van der Waals surface area contributed by atoms with Gasteiger partial charge >= 0.3 is 6.03 Å². The summed E-state index contributed by atoms with van der Waals surface area (Å²) in [4.78, 5) is 37.0. The van der Waals surface area contributed by atoms with Crippen molar-refractivity contribution in [3.8, 4) is 0 Å². The lowest BCUT2D eigenvalue weighted by Gasteiger charge is -2.16. The molecular weight excluding hydrogens is 380 g/mol. The molecule has 1 saturated heterocycles. The number of nitrogens with zero attached hydrogens (tertiary/aromatic N) is 1. The molecule has 0 spiro atoms. The van der Waals surface area contributed by atoms with E-state index in [1.165, 1.54) is 5.56 Å². The number of benzene rings is 1. The molecule has 1 aliphatic rings. The summed E-state index contributed by atoms with van der Waals surface area (Å²) in [7, 11) is 0. The first-order valence-corrected chi connectivity index (χ1v) is 9.38. The Morgan fingerprint density at radius 2 is 1.75 bits per heavy atom. The van der Waals surface area contributed by atoms with Gasteiger partial charge in [0.1, 0.15) is 5.54 Å². The van der Waals surface area contributed by atoms with Crippen LogP contribution < -0.4 is 16.4 Å². The molecule has 4 amide bonds. The minimum absolute atomic E-state index is 0. The van der Waals surface area contributed by atoms with Gasteiger partial charge in [0, 0.05) is 25.6 Å². The minimum Gasteiger partial charge on any atom is -0.354 e. The first kappa shape index (κ1) is 23.9. The van der Waals surface area contributed by atoms with Crippen LogP contribution in [0.5, 0.6) is 0 Å². The third-order valence-electron chi connectivity index (χ3n) is 4.78. The zero-order chi connectivity index (χ0) is 20.2. The van der Waals surface area contributed by atoms with Crippen molar-refractivity contribution in [3.63, 3.8) is 0 Å². The molecule has 1 aromatic carbocycles. The van der Waals surface area contributed by atoms with E-state index in [0.717, 1.165) is 10.5 Å². The molecule has 1 fully saturated rings. The third kappa shape index (κ3) is 5.94. The smallest absolute Gasteiger partial charge is 0.325 e. The van der Waals surface area contributed by atoms with Crippen molar-refractivity contribution >= 4 is 30.3 Å². The monoisotopic (exact) mass is 410 g/mol. The largest absolute Gasteiger partial charge is 0.354 e. The lowest BCUT2D eigenvalue weighted by atomic mass is 9.99. The second kappa shape index (κ2) is 9.89. The van der Waals surface area contributed by atoms with Gasteiger partial charge in [-0.15, -0.1) is 12.4 Å². The molecule has 1 heterocycles. The lowest BCUT2D eigenvalue weighted by molar-refractivity contribution is -0.130. The van der Waals surface area contributed by atoms with E-state index in [9.17, 15) is 14.4 Å². The van der Waals surface area contributed by atoms with Gasteiger partial charge in [-0.25, -0.2) is 4.79 Å². The van der Waals surface area contributed by atoms with Crippen LogP contribution in [0.1, 0.15) is 63.6 Å². The van der Waals surface area contributed by atoms with Crippen LogP contribution in [0.25, 0.3) is 0 Å². The van der Waals surface area contributed by atoms with Crippen molar-refractivity contribution < 1.29 is 14.4 Å². The van der Waals surface area contributed by atoms with Crippen LogP contribution in [0.15, 0.2) is 24.3 Å². The molecule has 0 saturated carbocycles. The second-order valence-corrected chi connectivity index (χ2v) is 7.85. The molecule has 4 N–H and O–H groups in total. The topological polar surface area (TPSA) is 105 Å². The predicted octanol–water partition coefficient (Wildman–Crippen LogP) is 2.46. The molecule has 156 valence electrons. The lowest BCUT2D eigenvalue weighted by Crippen LogP contribution is -2.40. The summed E-state index contributed by atoms with van der Waals surface area (Å²) in [5.41, 5.74) is 7.49. The molecule has 1 aliphatic heterocycles. The van der Waals surface area contributed by atoms with Crippen LogP contribution in [-0.2, 0) is 9.59 Å². The van der Waals surface area contributed by atoms with E-state index < -0.39 is 11.6 Å². The van der Waals surface area contributed by atoms with Gasteiger partial charge in [0.05, 0.1) is 0 Å². The van der Waals surface area contributed by atoms with Crippen molar-refractivity contribution in [2.75, 3.05) is 13.1 Å². The highest BCUT2D eigenvalue weighted by Crippen LogP contribution is 2.18. The zero-order valence-electron chi connectivity index (χ0n) is 17.0. The number of halogens is 1. The van der Waals surface area contributed by atoms with Crippen molar-refractivity contribution in [1.29, 1.82) is 0 Å². The Balaban J connectivity index is 0.00000392. The van der Waals surface area contributed by atoms with Crippen LogP contribution in [0.4, 0.5) is 4.79 Å². The van der Waals surface area contributed by atoms with Gasteiger partial charge < -0.3 is 16.4 Å². The second-order valence-electron chi connectivity index (χ2n) is 7.85. The highest BCUT2D eigenvalue weighted by Gasteiger charge is 2.43. The van der Waals surface area contributed by atoms with E-state index in [0.29, 0.717) is 18.9 Å². The van der Waals surface area contributed by atoms with E-state index in [-0.39, 0.29) is 43.2 Å². The molecule has 28 heavy (non-hydrogen) atoms. The van der Waals surface area contributed by atoms with Crippen molar-refractivity contribution in [3.05, 3.63) is 35.4 Å². The van der Waals surface area contributed by atoms with Crippen LogP contribution in [0.3, 0.4) is 0 Å². The van der Waals surface area contributed by atoms with E-state index in [4.69, 9.17) is 5.73 Å². The summed E-state index contributed by atoms with van der Waals surface area (Å²) >= 11 is 0. The summed E-state index contributed by atoms with van der Waals surface area (Å²) < 4.78 is 0. The molecule has 2 rings (SSSR count). The number of carbonyl (C=O) groups excluding carboxylic acids is 3. The van der Waals surface area contributed by atoms with Crippen LogP contribution in [0, 0.1) is 0 Å². The quantitative estimate of drug-likeness (QED) is 0.572. The Hall–Kier alpha value is -2.12. The molecule has 0 aromatic heterocycles. The average Bonchev–Trinajstić information content (AvgIpc) is 2.81. The maximum atomic E-state index is 12.1. The normalized spacial score (nSPS) is 16.6. The van der Waals surface area contributed by atoms with Gasteiger partial charge in [-0.1, -0.05) is 38.1 Å². The summed E-state index contributed by atoms with van der Waals surface area (Å²) in [6, 6.07) is 7.42. The summed E-state index contributed by atoms with van der Waals surface area (Å²) in [5.74, 6) is 0.0560. The maximum Gasteiger partial charge on any atom is 0.325 e. The Labute approximate surface area is 172 Å². The SMILES string of the molecule is CC(C)c1ccc(C(N)CNC(=O)CCCN2C(=O)NC(C)(C)C2=O)cc1.Cl. The Morgan fingerprint density at radius 3 is 2.25 bits per heavy atom. The molecule has 1 unspecified atom stereocenters. The molecule has 0 bridgehead atoms. The van der Waals surface area contributed by atoms with Crippen molar-refractivity contribution in [1.82, 2.24) is 15.5 Å². The highest BCUT2D eigenvalue weighted by molar-refractivity contribution is 6.06. The van der Waals surface area contributed by atoms with E-state index >= 15 is 0 Å². The van der Waals surface area contributed by atoms with Gasteiger partial charge in [-0.05, 0) is 37.3 Å². The van der Waals surface area contributed by atoms with E-state index in [1.54, 1.807) is 13.8 Å². The molecule has 1 atom stereocenters. The number of rotatable bonds is 8. The number of hydrogen-bond donors (Lipinski definition) is 3. The molecule has 8 heteroatoms. The first-order valence-electron chi connectivity index (χ1n) is 9.38. The minimum atomic E-state index is -0.878. The summed E-state index contributed by atoms with van der Waals surface area (Å²) in [6.07, 6.45) is 0.649. The molecule has 0 aliphatic carbocycles. The Morgan fingerprint density at radius 1 is 1.18 bits per heavy atom. The Bertz CT molecular complexity index is 704. The fourth-order valence-electron chi connectivity index (χ4n) is 2.98. The van der Waals surface area contributed by atoms with Gasteiger partial charge in [0.2, 0.25) is 5.91 Å². The number of carbonyl (C=O) groups is 3. The fourth-order valence-corrected chi connectivity index (χ4v) is 2.98. The van der Waals surface area contributed by atoms with E-state index in [2.05, 4.69) is 36.6 Å². The zero-order valence-corrected chi connectivity index (χ0v) is 17.8. The summed E-state index contributed by atoms with van der Waals surface area (Å²) in [6.45, 7) is 8.16. The molecular formula is C20H31ClN4O3. The highest BCUT2D eigenvalue weighted by atomic mass is 35.5. The van der Waals surface area contributed by atoms with Crippen LogP contribution >= 0.6 is 12.4 Å². The van der Waals surface area contributed by atoms with Crippen LogP contribution in [0.2, 0.25) is 0 Å². The number of amides is 4. The van der Waals surface area contributed by atoms with Crippen molar-refractivity contribution in [2.24, 2.45) is 5.73 Å². The first-order chi connectivity index (χ1) is 12.6. The van der Waals surface area contributed by atoms with Gasteiger partial charge in [-0.3, -0.25) is 14.5 Å². The van der Waals surface area contributed by atoms with Crippen LogP contribution in [-0.4, -0.2) is 41.4 Å². The average molecular weight is 411 g/mol. The number of imide groups is 1. The summed E-state index contributed by atoms with van der Waals surface area (Å²) in [5, 5.41) is 5.43. The fraction of sp³-hybridized carbons (Fsp3) is 0.550. The molecule has 7 nitrogen and oxygen atoms in total. The molecule has 0 radical (unpaired) electrons. The van der Waals surface area contributed by atoms with Crippen molar-refractivity contribution in [2.45, 2.75) is 58.0 Å². The van der Waals surface area contributed by atoms with E-state index in [1.807, 2.05) is 12.1 Å². The number of nitrogens with one attached hydrogen (secondary N) is 2. The maximum absolute atomic E-state index is 12.1. The van der Waals surface area contributed by atoms with Gasteiger partial charge in [-0.2, -0.15) is 0 Å². The third-order valence-corrected chi connectivity index (χ3v) is 4.78. The van der Waals surface area contributed by atoms with Gasteiger partial charge in [0.25, 0.3) is 5.91 Å². The number of urea groups is 1. The predicted molar refractivity (Wildman–Crippen MR) is 111 cm³/mol.